The fourth-order valence-electron chi connectivity index (χ4n) is 2.54. The summed E-state index contributed by atoms with van der Waals surface area (Å²) in [5.41, 5.74) is 1.31. The van der Waals surface area contributed by atoms with E-state index in [0.29, 0.717) is 5.69 Å². The summed E-state index contributed by atoms with van der Waals surface area (Å²) < 4.78 is 1.77. The van der Waals surface area contributed by atoms with Crippen LogP contribution in [0, 0.1) is 0 Å². The van der Waals surface area contributed by atoms with Gasteiger partial charge in [0.1, 0.15) is 0 Å². The van der Waals surface area contributed by atoms with Crippen molar-refractivity contribution >= 4 is 5.91 Å². The lowest BCUT2D eigenvalue weighted by Gasteiger charge is -2.34. The molecule has 19 heavy (non-hydrogen) atoms. The molecule has 0 radical (unpaired) electrons. The lowest BCUT2D eigenvalue weighted by Crippen LogP contribution is -2.39. The van der Waals surface area contributed by atoms with Crippen molar-refractivity contribution in [3.63, 3.8) is 0 Å². The van der Waals surface area contributed by atoms with Crippen LogP contribution >= 0.6 is 0 Å². The minimum absolute atomic E-state index is 0.0409. The van der Waals surface area contributed by atoms with E-state index in [1.165, 1.54) is 6.20 Å². The molecule has 1 fully saturated rings. The highest BCUT2D eigenvalue weighted by atomic mass is 16.2. The third-order valence-corrected chi connectivity index (χ3v) is 3.47. The summed E-state index contributed by atoms with van der Waals surface area (Å²) in [6, 6.07) is 2.01. The van der Waals surface area contributed by atoms with E-state index in [9.17, 15) is 4.79 Å². The lowest BCUT2D eigenvalue weighted by atomic mass is 9.99. The fourth-order valence-corrected chi connectivity index (χ4v) is 2.54. The highest BCUT2D eigenvalue weighted by molar-refractivity contribution is 5.92. The third-order valence-electron chi connectivity index (χ3n) is 3.47. The standard InChI is InChI=1S/C12H16N6O/c1-17-7-5-9(15-17)11-4-2-3-6-18(11)12(19)10-8-13-16-14-10/h5,7-8,11H,2-4,6H2,1H3,(H,13,14,16). The molecule has 1 amide bonds. The Balaban J connectivity index is 1.87. The molecule has 0 saturated carbocycles. The Kier molecular flexibility index (Phi) is 3.02. The Bertz CT molecular complexity index is 561. The molecule has 0 aliphatic carbocycles. The molecule has 0 aromatic carbocycles. The number of aromatic amines is 1. The van der Waals surface area contributed by atoms with Gasteiger partial charge in [-0.1, -0.05) is 0 Å². The summed E-state index contributed by atoms with van der Waals surface area (Å²) >= 11 is 0. The van der Waals surface area contributed by atoms with E-state index in [1.54, 1.807) is 4.68 Å². The van der Waals surface area contributed by atoms with Gasteiger partial charge in [-0.25, -0.2) is 0 Å². The first-order valence-corrected chi connectivity index (χ1v) is 6.42. The SMILES string of the molecule is Cn1ccc(C2CCCCN2C(=O)c2cn[nH]n2)n1. The molecule has 7 nitrogen and oxygen atoms in total. The van der Waals surface area contributed by atoms with E-state index in [2.05, 4.69) is 20.5 Å². The van der Waals surface area contributed by atoms with E-state index in [0.717, 1.165) is 31.5 Å². The Morgan fingerprint density at radius 1 is 1.47 bits per heavy atom. The van der Waals surface area contributed by atoms with Crippen molar-refractivity contribution in [2.75, 3.05) is 6.54 Å². The number of carbonyl (C=O) groups excluding carboxylic acids is 1. The van der Waals surface area contributed by atoms with E-state index < -0.39 is 0 Å². The quantitative estimate of drug-likeness (QED) is 0.870. The molecule has 1 N–H and O–H groups in total. The van der Waals surface area contributed by atoms with Crippen molar-refractivity contribution < 1.29 is 4.79 Å². The largest absolute Gasteiger partial charge is 0.329 e. The van der Waals surface area contributed by atoms with Crippen LogP contribution in [0.15, 0.2) is 18.5 Å². The number of hydrogen-bond donors (Lipinski definition) is 1. The summed E-state index contributed by atoms with van der Waals surface area (Å²) in [6.07, 6.45) is 6.45. The Morgan fingerprint density at radius 2 is 2.37 bits per heavy atom. The Morgan fingerprint density at radius 3 is 3.05 bits per heavy atom. The van der Waals surface area contributed by atoms with Gasteiger partial charge in [0.05, 0.1) is 17.9 Å². The molecule has 0 bridgehead atoms. The van der Waals surface area contributed by atoms with Crippen LogP contribution in [0.4, 0.5) is 0 Å². The molecule has 1 saturated heterocycles. The van der Waals surface area contributed by atoms with Gasteiger partial charge in [0.15, 0.2) is 5.69 Å². The summed E-state index contributed by atoms with van der Waals surface area (Å²) in [7, 11) is 1.89. The number of H-pyrrole nitrogens is 1. The first-order valence-electron chi connectivity index (χ1n) is 6.42. The number of piperidine rings is 1. The molecular formula is C12H16N6O. The minimum atomic E-state index is -0.0795. The highest BCUT2D eigenvalue weighted by Gasteiger charge is 2.31. The Hall–Kier alpha value is -2.18. The number of aryl methyl sites for hydroxylation is 1. The summed E-state index contributed by atoms with van der Waals surface area (Å²) in [6.45, 7) is 0.743. The number of aromatic nitrogens is 5. The van der Waals surface area contributed by atoms with Gasteiger partial charge in [-0.2, -0.15) is 20.5 Å². The maximum Gasteiger partial charge on any atom is 0.276 e. The summed E-state index contributed by atoms with van der Waals surface area (Å²) in [4.78, 5) is 14.3. The number of carbonyl (C=O) groups is 1. The second kappa shape index (κ2) is 4.83. The predicted octanol–water partition coefficient (Wildman–Crippen LogP) is 0.906. The maximum absolute atomic E-state index is 12.4. The molecule has 1 unspecified atom stereocenters. The zero-order valence-corrected chi connectivity index (χ0v) is 10.8. The molecule has 2 aromatic rings. The van der Waals surface area contributed by atoms with Crippen molar-refractivity contribution in [1.29, 1.82) is 0 Å². The van der Waals surface area contributed by atoms with Crippen molar-refractivity contribution in [3.05, 3.63) is 29.8 Å². The molecule has 1 aliphatic rings. The van der Waals surface area contributed by atoms with Crippen LogP contribution in [0.2, 0.25) is 0 Å². The maximum atomic E-state index is 12.4. The topological polar surface area (TPSA) is 79.7 Å². The van der Waals surface area contributed by atoms with Crippen LogP contribution in [-0.4, -0.2) is 42.5 Å². The van der Waals surface area contributed by atoms with Gasteiger partial charge in [-0.15, -0.1) is 0 Å². The third kappa shape index (κ3) is 2.23. The molecule has 2 aromatic heterocycles. The van der Waals surface area contributed by atoms with Crippen LogP contribution in [0.3, 0.4) is 0 Å². The monoisotopic (exact) mass is 260 g/mol. The van der Waals surface area contributed by atoms with Crippen LogP contribution in [0.1, 0.15) is 41.5 Å². The van der Waals surface area contributed by atoms with E-state index >= 15 is 0 Å². The average Bonchev–Trinajstić information content (AvgIpc) is 3.09. The van der Waals surface area contributed by atoms with Gasteiger partial charge in [0, 0.05) is 19.8 Å². The fraction of sp³-hybridized carbons (Fsp3) is 0.500. The van der Waals surface area contributed by atoms with Gasteiger partial charge in [-0.05, 0) is 25.3 Å². The summed E-state index contributed by atoms with van der Waals surface area (Å²) in [5, 5.41) is 14.5. The molecule has 3 heterocycles. The smallest absolute Gasteiger partial charge is 0.276 e. The van der Waals surface area contributed by atoms with Crippen LogP contribution < -0.4 is 0 Å². The van der Waals surface area contributed by atoms with Crippen LogP contribution in [-0.2, 0) is 7.05 Å². The first-order chi connectivity index (χ1) is 9.25. The lowest BCUT2D eigenvalue weighted by molar-refractivity contribution is 0.0599. The van der Waals surface area contributed by atoms with Gasteiger partial charge < -0.3 is 4.90 Å². The molecule has 7 heteroatoms. The zero-order chi connectivity index (χ0) is 13.2. The van der Waals surface area contributed by atoms with Crippen LogP contribution in [0.25, 0.3) is 0 Å². The number of likely N-dealkylation sites (tertiary alicyclic amines) is 1. The van der Waals surface area contributed by atoms with Gasteiger partial charge in [0.2, 0.25) is 0 Å². The number of amides is 1. The van der Waals surface area contributed by atoms with Crippen molar-refractivity contribution in [2.45, 2.75) is 25.3 Å². The molecular weight excluding hydrogens is 244 g/mol. The molecule has 100 valence electrons. The minimum Gasteiger partial charge on any atom is -0.329 e. The molecule has 1 aliphatic heterocycles. The first kappa shape index (κ1) is 11.9. The molecule has 0 spiro atoms. The van der Waals surface area contributed by atoms with E-state index in [4.69, 9.17) is 0 Å². The van der Waals surface area contributed by atoms with Gasteiger partial charge in [-0.3, -0.25) is 9.48 Å². The van der Waals surface area contributed by atoms with E-state index in [-0.39, 0.29) is 11.9 Å². The second-order valence-corrected chi connectivity index (χ2v) is 4.78. The number of nitrogens with one attached hydrogen (secondary N) is 1. The van der Waals surface area contributed by atoms with E-state index in [1.807, 2.05) is 24.2 Å². The second-order valence-electron chi connectivity index (χ2n) is 4.78. The number of hydrogen-bond acceptors (Lipinski definition) is 4. The average molecular weight is 260 g/mol. The summed E-state index contributed by atoms with van der Waals surface area (Å²) in [5.74, 6) is -0.0795. The van der Waals surface area contributed by atoms with Crippen LogP contribution in [0.5, 0.6) is 0 Å². The van der Waals surface area contributed by atoms with Gasteiger partial charge >= 0.3 is 0 Å². The normalized spacial score (nSPS) is 19.6. The zero-order valence-electron chi connectivity index (χ0n) is 10.8. The predicted molar refractivity (Wildman–Crippen MR) is 67.2 cm³/mol. The highest BCUT2D eigenvalue weighted by Crippen LogP contribution is 2.30. The number of rotatable bonds is 2. The Labute approximate surface area is 110 Å². The molecule has 1 atom stereocenters. The number of nitrogens with zero attached hydrogens (tertiary/aromatic N) is 5. The van der Waals surface area contributed by atoms with Crippen molar-refractivity contribution in [3.8, 4) is 0 Å². The van der Waals surface area contributed by atoms with Gasteiger partial charge in [0.25, 0.3) is 5.91 Å². The van der Waals surface area contributed by atoms with Crippen molar-refractivity contribution in [1.82, 2.24) is 30.1 Å². The van der Waals surface area contributed by atoms with Crippen molar-refractivity contribution in [2.24, 2.45) is 7.05 Å². The molecule has 3 rings (SSSR count).